The molecule has 0 aliphatic heterocycles. The predicted octanol–water partition coefficient (Wildman–Crippen LogP) is 9.57. The molecule has 1 nitrogen and oxygen atoms in total. The van der Waals surface area contributed by atoms with Gasteiger partial charge in [0.15, 0.2) is 0 Å². The normalized spacial score (nSPS) is 20.6. The van der Waals surface area contributed by atoms with Crippen LogP contribution in [0.4, 0.5) is 0 Å². The fourth-order valence-electron chi connectivity index (χ4n) is 5.52. The first-order chi connectivity index (χ1) is 16.0. The van der Waals surface area contributed by atoms with Gasteiger partial charge in [-0.3, -0.25) is 0 Å². The van der Waals surface area contributed by atoms with Crippen LogP contribution in [-0.4, -0.2) is 5.11 Å². The molecule has 2 unspecified atom stereocenters. The summed E-state index contributed by atoms with van der Waals surface area (Å²) in [7, 11) is 9.78. The van der Waals surface area contributed by atoms with E-state index in [2.05, 4.69) is 74.5 Å². The second-order valence-corrected chi connectivity index (χ2v) is 11.5. The Balaban J connectivity index is 0.000000771. The molecule has 2 aliphatic carbocycles. The summed E-state index contributed by atoms with van der Waals surface area (Å²) in [6, 6.07) is 24.9. The fourth-order valence-corrected chi connectivity index (χ4v) is 5.52. The van der Waals surface area contributed by atoms with Crippen molar-refractivity contribution in [2.24, 2.45) is 11.8 Å². The Morgan fingerprint density at radius 3 is 1.82 bits per heavy atom. The van der Waals surface area contributed by atoms with Crippen molar-refractivity contribution in [1.29, 1.82) is 0 Å². The van der Waals surface area contributed by atoms with Crippen molar-refractivity contribution >= 4 is 18.6 Å². The number of hydrogen-bond acceptors (Lipinski definition) is 1. The topological polar surface area (TPSA) is 20.2 Å². The molecule has 2 atom stereocenters. The van der Waals surface area contributed by atoms with Crippen LogP contribution in [0.25, 0.3) is 22.3 Å². The zero-order chi connectivity index (χ0) is 23.4. The van der Waals surface area contributed by atoms with Gasteiger partial charge in [-0.25, -0.2) is 0 Å². The van der Waals surface area contributed by atoms with Gasteiger partial charge in [0.2, 0.25) is 0 Å². The van der Waals surface area contributed by atoms with Gasteiger partial charge in [0.25, 0.3) is 0 Å². The van der Waals surface area contributed by atoms with Gasteiger partial charge in [-0.1, -0.05) is 96.1 Å². The van der Waals surface area contributed by atoms with E-state index >= 15 is 0 Å². The third-order valence-electron chi connectivity index (χ3n) is 7.15. The molecule has 4 heteroatoms. The minimum atomic E-state index is -0.556. The standard InChI is InChI=1S/C29H28O.CH3.2ClH.Ti/c1-19-15-16-20(2)28-18-22(17-27(19)28)23-11-6-7-12-25(23)26-14-8-13-24(29(26)30)21-9-4-3-5-10-21;;;;/h3-16,22,27-28,30H,17-18H2,1-2H3;1H3;2*1H;/q;-1;;;+2/p-2. The van der Waals surface area contributed by atoms with Crippen LogP contribution in [-0.2, 0) is 17.0 Å². The minimum absolute atomic E-state index is 0. The number of halogens is 2. The summed E-state index contributed by atoms with van der Waals surface area (Å²) in [5.41, 5.74) is 8.43. The van der Waals surface area contributed by atoms with Crippen molar-refractivity contribution in [3.05, 3.63) is 109 Å². The Labute approximate surface area is 221 Å². The molecule has 176 valence electrons. The average molecular weight is 526 g/mol. The first-order valence-corrected chi connectivity index (χ1v) is 15.6. The van der Waals surface area contributed by atoms with Crippen molar-refractivity contribution in [3.8, 4) is 28.0 Å². The molecule has 1 saturated carbocycles. The Morgan fingerprint density at radius 2 is 1.21 bits per heavy atom. The van der Waals surface area contributed by atoms with Crippen LogP contribution in [0.3, 0.4) is 0 Å². The monoisotopic (exact) mass is 525 g/mol. The number of allylic oxidation sites excluding steroid dienone is 4. The number of phenolic OH excluding ortho intramolecular Hbond substituents is 1. The summed E-state index contributed by atoms with van der Waals surface area (Å²) in [5.74, 6) is 2.19. The van der Waals surface area contributed by atoms with Gasteiger partial charge in [0.1, 0.15) is 5.75 Å². The number of fused-ring (bicyclic) bond motifs is 1. The second kappa shape index (κ2) is 12.3. The summed E-state index contributed by atoms with van der Waals surface area (Å²) >= 11 is -0.556. The van der Waals surface area contributed by atoms with E-state index in [1.54, 1.807) is 0 Å². The van der Waals surface area contributed by atoms with Crippen molar-refractivity contribution in [2.45, 2.75) is 32.6 Å². The van der Waals surface area contributed by atoms with Gasteiger partial charge in [-0.05, 0) is 61.1 Å². The third kappa shape index (κ3) is 5.55. The van der Waals surface area contributed by atoms with Crippen LogP contribution in [0.15, 0.2) is 96.1 Å². The fraction of sp³-hybridized carbons (Fsp3) is 0.233. The quantitative estimate of drug-likeness (QED) is 0.266. The molecule has 34 heavy (non-hydrogen) atoms. The molecule has 0 heterocycles. The number of benzene rings is 3. The first-order valence-electron chi connectivity index (χ1n) is 11.3. The number of rotatable bonds is 3. The van der Waals surface area contributed by atoms with Gasteiger partial charge in [-0.15, -0.1) is 0 Å². The molecular weight excluding hydrogens is 495 g/mol. The van der Waals surface area contributed by atoms with Gasteiger partial charge < -0.3 is 12.5 Å². The van der Waals surface area contributed by atoms with E-state index in [0.717, 1.165) is 16.7 Å². The molecule has 0 amide bonds. The van der Waals surface area contributed by atoms with Gasteiger partial charge in [0, 0.05) is 11.1 Å². The molecule has 0 aromatic heterocycles. The van der Waals surface area contributed by atoms with Crippen molar-refractivity contribution in [3.63, 3.8) is 0 Å². The molecule has 3 aromatic rings. The van der Waals surface area contributed by atoms with Crippen LogP contribution < -0.4 is 0 Å². The van der Waals surface area contributed by atoms with E-state index in [1.807, 2.05) is 24.3 Å². The SMILES string of the molecule is CC1=CC=C(C)C2CC(c3ccccc3-c3cccc(-c4ccccc4)c3O)CC12.[CH3-].[Cl][Ti][Cl]. The Kier molecular flexibility index (Phi) is 9.68. The average Bonchev–Trinajstić information content (AvgIpc) is 3.30. The molecular formula is C30H31Cl2OTi-. The molecule has 0 radical (unpaired) electrons. The summed E-state index contributed by atoms with van der Waals surface area (Å²) in [6.45, 7) is 4.56. The van der Waals surface area contributed by atoms with Crippen LogP contribution >= 0.6 is 18.6 Å². The summed E-state index contributed by atoms with van der Waals surface area (Å²) < 4.78 is 0. The van der Waals surface area contributed by atoms with Crippen LogP contribution in [0, 0.1) is 19.3 Å². The van der Waals surface area contributed by atoms with Crippen molar-refractivity contribution in [2.75, 3.05) is 0 Å². The van der Waals surface area contributed by atoms with E-state index in [1.165, 1.54) is 35.1 Å². The summed E-state index contributed by atoms with van der Waals surface area (Å²) in [6.07, 6.45) is 6.99. The molecule has 0 spiro atoms. The van der Waals surface area contributed by atoms with Crippen LogP contribution in [0.5, 0.6) is 5.75 Å². The number of phenols is 1. The zero-order valence-electron chi connectivity index (χ0n) is 19.9. The number of para-hydroxylation sites is 1. The van der Waals surface area contributed by atoms with Gasteiger partial charge in [-0.2, -0.15) is 0 Å². The second-order valence-electron chi connectivity index (χ2n) is 8.93. The summed E-state index contributed by atoms with van der Waals surface area (Å²) in [4.78, 5) is 0. The van der Waals surface area contributed by atoms with Crippen LogP contribution in [0.2, 0.25) is 0 Å². The van der Waals surface area contributed by atoms with E-state index in [-0.39, 0.29) is 7.43 Å². The Bertz CT molecular complexity index is 1140. The molecule has 2 aliphatic rings. The zero-order valence-corrected chi connectivity index (χ0v) is 23.0. The van der Waals surface area contributed by atoms with E-state index in [4.69, 9.17) is 18.6 Å². The van der Waals surface area contributed by atoms with E-state index < -0.39 is 17.0 Å². The molecule has 1 N–H and O–H groups in total. The third-order valence-corrected chi connectivity index (χ3v) is 7.15. The first kappa shape index (κ1) is 26.8. The van der Waals surface area contributed by atoms with Crippen molar-refractivity contribution < 1.29 is 22.1 Å². The van der Waals surface area contributed by atoms with Gasteiger partial charge >= 0.3 is 35.6 Å². The van der Waals surface area contributed by atoms with Gasteiger partial charge in [0.05, 0.1) is 0 Å². The molecule has 0 saturated heterocycles. The maximum absolute atomic E-state index is 11.2. The number of aromatic hydroxyl groups is 1. The molecule has 5 rings (SSSR count). The molecule has 3 aromatic carbocycles. The van der Waals surface area contributed by atoms with Crippen molar-refractivity contribution in [1.82, 2.24) is 0 Å². The van der Waals surface area contributed by atoms with E-state index in [9.17, 15) is 5.11 Å². The molecule has 1 fully saturated rings. The summed E-state index contributed by atoms with van der Waals surface area (Å²) in [5, 5.41) is 11.2. The van der Waals surface area contributed by atoms with E-state index in [0.29, 0.717) is 23.5 Å². The maximum atomic E-state index is 11.2. The Morgan fingerprint density at radius 1 is 0.706 bits per heavy atom. The number of hydrogen-bond donors (Lipinski definition) is 1. The van der Waals surface area contributed by atoms with Crippen LogP contribution in [0.1, 0.15) is 38.2 Å². The Hall–Kier alpha value is -1.77. The predicted molar refractivity (Wildman–Crippen MR) is 144 cm³/mol. The molecule has 0 bridgehead atoms.